The minimum atomic E-state index is -0.0972. The lowest BCUT2D eigenvalue weighted by atomic mass is 9.95. The molecule has 0 atom stereocenters. The lowest BCUT2D eigenvalue weighted by molar-refractivity contribution is -0.328. The van der Waals surface area contributed by atoms with E-state index in [2.05, 4.69) is 4.89 Å². The SMILES string of the molecule is OOC12CCCC1CCC2. The molecule has 0 spiro atoms. The minimum Gasteiger partial charge on any atom is -0.251 e. The fourth-order valence-corrected chi connectivity index (χ4v) is 2.66. The lowest BCUT2D eigenvalue weighted by Crippen LogP contribution is -2.30. The van der Waals surface area contributed by atoms with E-state index in [0.29, 0.717) is 5.92 Å². The first-order chi connectivity index (χ1) is 4.87. The third-order valence-corrected chi connectivity index (χ3v) is 3.23. The van der Waals surface area contributed by atoms with Crippen molar-refractivity contribution >= 4 is 0 Å². The van der Waals surface area contributed by atoms with Gasteiger partial charge in [-0.3, -0.25) is 5.26 Å². The zero-order valence-corrected chi connectivity index (χ0v) is 6.18. The first-order valence-electron chi connectivity index (χ1n) is 4.20. The Morgan fingerprint density at radius 1 is 1.20 bits per heavy atom. The van der Waals surface area contributed by atoms with Crippen LogP contribution in [0.15, 0.2) is 0 Å². The van der Waals surface area contributed by atoms with Gasteiger partial charge in [-0.2, -0.15) is 0 Å². The summed E-state index contributed by atoms with van der Waals surface area (Å²) in [6, 6.07) is 0. The fourth-order valence-electron chi connectivity index (χ4n) is 2.66. The highest BCUT2D eigenvalue weighted by Crippen LogP contribution is 2.49. The van der Waals surface area contributed by atoms with Crippen molar-refractivity contribution in [2.24, 2.45) is 5.92 Å². The topological polar surface area (TPSA) is 29.5 Å². The molecule has 0 aromatic heterocycles. The molecule has 0 heterocycles. The van der Waals surface area contributed by atoms with E-state index in [9.17, 15) is 0 Å². The van der Waals surface area contributed by atoms with Crippen LogP contribution in [0.5, 0.6) is 0 Å². The van der Waals surface area contributed by atoms with Crippen LogP contribution in [0.2, 0.25) is 0 Å². The summed E-state index contributed by atoms with van der Waals surface area (Å²) in [5, 5.41) is 8.73. The maximum atomic E-state index is 8.73. The van der Waals surface area contributed by atoms with Crippen molar-refractivity contribution in [3.63, 3.8) is 0 Å². The average molecular weight is 142 g/mol. The third-order valence-electron chi connectivity index (χ3n) is 3.23. The minimum absolute atomic E-state index is 0.0972. The molecule has 0 aromatic carbocycles. The Morgan fingerprint density at radius 2 is 1.80 bits per heavy atom. The van der Waals surface area contributed by atoms with Gasteiger partial charge < -0.3 is 0 Å². The normalized spacial score (nSPS) is 45.9. The highest BCUT2D eigenvalue weighted by atomic mass is 17.1. The molecule has 2 aliphatic rings. The molecule has 10 heavy (non-hydrogen) atoms. The van der Waals surface area contributed by atoms with Crippen LogP contribution >= 0.6 is 0 Å². The summed E-state index contributed by atoms with van der Waals surface area (Å²) in [5.41, 5.74) is -0.0972. The summed E-state index contributed by atoms with van der Waals surface area (Å²) < 4.78 is 0. The maximum Gasteiger partial charge on any atom is 0.106 e. The van der Waals surface area contributed by atoms with Crippen molar-refractivity contribution in [2.75, 3.05) is 0 Å². The van der Waals surface area contributed by atoms with Crippen LogP contribution in [0.3, 0.4) is 0 Å². The largest absolute Gasteiger partial charge is 0.251 e. The van der Waals surface area contributed by atoms with Gasteiger partial charge in [-0.25, -0.2) is 4.89 Å². The smallest absolute Gasteiger partial charge is 0.106 e. The average Bonchev–Trinajstić information content (AvgIpc) is 2.42. The van der Waals surface area contributed by atoms with Crippen molar-refractivity contribution in [1.29, 1.82) is 0 Å². The van der Waals surface area contributed by atoms with Crippen molar-refractivity contribution in [1.82, 2.24) is 0 Å². The molecule has 1 N–H and O–H groups in total. The van der Waals surface area contributed by atoms with Crippen molar-refractivity contribution < 1.29 is 10.1 Å². The second-order valence-electron chi connectivity index (χ2n) is 3.64. The molecule has 0 radical (unpaired) electrons. The summed E-state index contributed by atoms with van der Waals surface area (Å²) in [5.74, 6) is 0.664. The van der Waals surface area contributed by atoms with Crippen LogP contribution in [-0.2, 0) is 4.89 Å². The summed E-state index contributed by atoms with van der Waals surface area (Å²) in [6.45, 7) is 0. The summed E-state index contributed by atoms with van der Waals surface area (Å²) in [7, 11) is 0. The predicted octanol–water partition coefficient (Wildman–Crippen LogP) is 2.20. The molecule has 2 aliphatic carbocycles. The molecule has 0 aliphatic heterocycles. The number of fused-ring (bicyclic) bond motifs is 1. The van der Waals surface area contributed by atoms with Crippen LogP contribution in [-0.4, -0.2) is 10.9 Å². The zero-order chi connectivity index (χ0) is 7.03. The Labute approximate surface area is 61.1 Å². The molecule has 0 bridgehead atoms. The molecule has 0 aromatic rings. The van der Waals surface area contributed by atoms with Crippen molar-refractivity contribution in [3.8, 4) is 0 Å². The van der Waals surface area contributed by atoms with Gasteiger partial charge in [0.15, 0.2) is 0 Å². The van der Waals surface area contributed by atoms with Gasteiger partial charge in [0.05, 0.1) is 0 Å². The van der Waals surface area contributed by atoms with Crippen LogP contribution in [0.25, 0.3) is 0 Å². The first-order valence-corrected chi connectivity index (χ1v) is 4.20. The summed E-state index contributed by atoms with van der Waals surface area (Å²) in [6.07, 6.45) is 7.17. The highest BCUT2D eigenvalue weighted by molar-refractivity contribution is 4.97. The second-order valence-corrected chi connectivity index (χ2v) is 3.64. The van der Waals surface area contributed by atoms with E-state index < -0.39 is 0 Å². The molecule has 2 nitrogen and oxygen atoms in total. The van der Waals surface area contributed by atoms with Gasteiger partial charge >= 0.3 is 0 Å². The Balaban J connectivity index is 2.15. The molecule has 0 amide bonds. The monoisotopic (exact) mass is 142 g/mol. The lowest BCUT2D eigenvalue weighted by Gasteiger charge is -2.24. The molecule has 2 saturated carbocycles. The van der Waals surface area contributed by atoms with Gasteiger partial charge in [-0.05, 0) is 31.6 Å². The van der Waals surface area contributed by atoms with Crippen LogP contribution in [0.4, 0.5) is 0 Å². The Bertz CT molecular complexity index is 123. The van der Waals surface area contributed by atoms with E-state index in [1.54, 1.807) is 0 Å². The number of rotatable bonds is 1. The summed E-state index contributed by atoms with van der Waals surface area (Å²) >= 11 is 0. The van der Waals surface area contributed by atoms with Gasteiger partial charge in [-0.1, -0.05) is 12.8 Å². The van der Waals surface area contributed by atoms with Crippen LogP contribution in [0.1, 0.15) is 38.5 Å². The van der Waals surface area contributed by atoms with E-state index in [1.807, 2.05) is 0 Å². The van der Waals surface area contributed by atoms with Gasteiger partial charge in [0.25, 0.3) is 0 Å². The Hall–Kier alpha value is -0.0800. The number of hydrogen-bond donors (Lipinski definition) is 1. The standard InChI is InChI=1S/C8H14O2/c9-10-8-5-1-3-7(8)4-2-6-8/h7,9H,1-6H2. The molecule has 2 rings (SSSR count). The van der Waals surface area contributed by atoms with Gasteiger partial charge in [0.2, 0.25) is 0 Å². The van der Waals surface area contributed by atoms with Gasteiger partial charge in [0.1, 0.15) is 5.60 Å². The Kier molecular flexibility index (Phi) is 1.46. The highest BCUT2D eigenvalue weighted by Gasteiger charge is 2.47. The molecule has 2 heteroatoms. The van der Waals surface area contributed by atoms with Crippen molar-refractivity contribution in [3.05, 3.63) is 0 Å². The second kappa shape index (κ2) is 2.21. The number of hydrogen-bond acceptors (Lipinski definition) is 2. The van der Waals surface area contributed by atoms with E-state index in [4.69, 9.17) is 5.26 Å². The van der Waals surface area contributed by atoms with E-state index >= 15 is 0 Å². The molecule has 58 valence electrons. The quantitative estimate of drug-likeness (QED) is 0.449. The fraction of sp³-hybridized carbons (Fsp3) is 1.00. The molecular weight excluding hydrogens is 128 g/mol. The molecule has 0 saturated heterocycles. The van der Waals surface area contributed by atoms with E-state index in [0.717, 1.165) is 12.8 Å². The zero-order valence-electron chi connectivity index (χ0n) is 6.18. The van der Waals surface area contributed by atoms with E-state index in [1.165, 1.54) is 25.7 Å². The van der Waals surface area contributed by atoms with Crippen LogP contribution < -0.4 is 0 Å². The first kappa shape index (κ1) is 6.62. The van der Waals surface area contributed by atoms with Gasteiger partial charge in [-0.15, -0.1) is 0 Å². The maximum absolute atomic E-state index is 8.73. The molecule has 2 fully saturated rings. The van der Waals surface area contributed by atoms with E-state index in [-0.39, 0.29) is 5.60 Å². The molecular formula is C8H14O2. The Morgan fingerprint density at radius 3 is 2.20 bits per heavy atom. The van der Waals surface area contributed by atoms with Gasteiger partial charge in [0, 0.05) is 0 Å². The third kappa shape index (κ3) is 0.722. The molecule has 0 unspecified atom stereocenters. The van der Waals surface area contributed by atoms with Crippen molar-refractivity contribution in [2.45, 2.75) is 44.1 Å². The summed E-state index contributed by atoms with van der Waals surface area (Å²) in [4.78, 5) is 4.62. The van der Waals surface area contributed by atoms with Crippen LogP contribution in [0, 0.1) is 5.92 Å². The predicted molar refractivity (Wildman–Crippen MR) is 37.6 cm³/mol.